The molecule has 1 aliphatic rings. The zero-order valence-corrected chi connectivity index (χ0v) is 16.0. The molecule has 0 radical (unpaired) electrons. The summed E-state index contributed by atoms with van der Waals surface area (Å²) in [5.74, 6) is -0.646. The fraction of sp³-hybridized carbons (Fsp3) is 0.318. The molecule has 2 aromatic carbocycles. The Morgan fingerprint density at radius 1 is 1.19 bits per heavy atom. The van der Waals surface area contributed by atoms with Gasteiger partial charge in [0.2, 0.25) is 11.8 Å². The first kappa shape index (κ1) is 18.8. The van der Waals surface area contributed by atoms with Crippen molar-refractivity contribution < 1.29 is 9.59 Å². The second kappa shape index (κ2) is 8.16. The van der Waals surface area contributed by atoms with Gasteiger partial charge in [-0.1, -0.05) is 37.3 Å². The average molecular weight is 363 g/mol. The molecular weight excluding hydrogens is 338 g/mol. The molecule has 0 aliphatic carbocycles. The van der Waals surface area contributed by atoms with Gasteiger partial charge in [0.15, 0.2) is 0 Å². The average Bonchev–Trinajstić information content (AvgIpc) is 3.06. The van der Waals surface area contributed by atoms with Gasteiger partial charge in [-0.2, -0.15) is 5.10 Å². The highest BCUT2D eigenvalue weighted by Crippen LogP contribution is 2.26. The molecule has 0 unspecified atom stereocenters. The number of benzene rings is 2. The number of hydrogen-bond acceptors (Lipinski definition) is 3. The van der Waals surface area contributed by atoms with Crippen molar-refractivity contribution in [2.45, 2.75) is 33.6 Å². The highest BCUT2D eigenvalue weighted by atomic mass is 16.2. The maximum Gasteiger partial charge on any atom is 0.245 e. The Balaban J connectivity index is 1.59. The lowest BCUT2D eigenvalue weighted by Gasteiger charge is -2.17. The molecule has 0 bridgehead atoms. The Labute approximate surface area is 160 Å². The summed E-state index contributed by atoms with van der Waals surface area (Å²) in [5, 5.41) is 4.04. The van der Waals surface area contributed by atoms with Crippen LogP contribution in [0.25, 0.3) is 0 Å². The van der Waals surface area contributed by atoms with Gasteiger partial charge < -0.3 is 4.90 Å². The zero-order chi connectivity index (χ0) is 19.4. The second-order valence-electron chi connectivity index (χ2n) is 7.00. The van der Waals surface area contributed by atoms with E-state index >= 15 is 0 Å². The quantitative estimate of drug-likeness (QED) is 0.654. The van der Waals surface area contributed by atoms with Crippen LogP contribution in [0.4, 0.5) is 5.69 Å². The summed E-state index contributed by atoms with van der Waals surface area (Å²) >= 11 is 0. The summed E-state index contributed by atoms with van der Waals surface area (Å²) in [7, 11) is 0. The van der Waals surface area contributed by atoms with Crippen LogP contribution in [0.1, 0.15) is 35.6 Å². The van der Waals surface area contributed by atoms with Crippen LogP contribution in [-0.4, -0.2) is 24.6 Å². The molecule has 2 aromatic rings. The van der Waals surface area contributed by atoms with Crippen LogP contribution in [0, 0.1) is 19.8 Å². The molecule has 2 amide bonds. The number of hydrazone groups is 1. The van der Waals surface area contributed by atoms with Gasteiger partial charge in [0, 0.05) is 18.7 Å². The third-order valence-electron chi connectivity index (χ3n) is 5.07. The van der Waals surface area contributed by atoms with Gasteiger partial charge in [0.1, 0.15) is 0 Å². The molecule has 1 saturated heterocycles. The Morgan fingerprint density at radius 3 is 2.59 bits per heavy atom. The molecule has 1 aliphatic heterocycles. The fourth-order valence-corrected chi connectivity index (χ4v) is 3.13. The SMILES string of the molecule is CCc1ccc(/C=N\NC(=O)[C@@H]2CC(=O)N(c3ccc(C)c(C)c3)C2)cc1. The van der Waals surface area contributed by atoms with Crippen LogP contribution in [0.3, 0.4) is 0 Å². The Hall–Kier alpha value is -2.95. The lowest BCUT2D eigenvalue weighted by atomic mass is 10.1. The predicted octanol–water partition coefficient (Wildman–Crippen LogP) is 3.37. The molecule has 1 atom stereocenters. The van der Waals surface area contributed by atoms with E-state index in [2.05, 4.69) is 17.5 Å². The van der Waals surface area contributed by atoms with Gasteiger partial charge in [0.25, 0.3) is 0 Å². The smallest absolute Gasteiger partial charge is 0.245 e. The highest BCUT2D eigenvalue weighted by molar-refractivity contribution is 6.00. The highest BCUT2D eigenvalue weighted by Gasteiger charge is 2.35. The van der Waals surface area contributed by atoms with Crippen molar-refractivity contribution in [1.82, 2.24) is 5.43 Å². The molecule has 27 heavy (non-hydrogen) atoms. The van der Waals surface area contributed by atoms with Gasteiger partial charge in [-0.05, 0) is 54.7 Å². The number of aryl methyl sites for hydroxylation is 3. The van der Waals surface area contributed by atoms with Crippen LogP contribution in [0.5, 0.6) is 0 Å². The predicted molar refractivity (Wildman–Crippen MR) is 108 cm³/mol. The van der Waals surface area contributed by atoms with Gasteiger partial charge in [-0.15, -0.1) is 0 Å². The third-order valence-corrected chi connectivity index (χ3v) is 5.07. The number of amides is 2. The lowest BCUT2D eigenvalue weighted by molar-refractivity contribution is -0.126. The van der Waals surface area contributed by atoms with Crippen molar-refractivity contribution in [2.24, 2.45) is 11.0 Å². The lowest BCUT2D eigenvalue weighted by Crippen LogP contribution is -2.30. The molecule has 5 heteroatoms. The Kier molecular flexibility index (Phi) is 5.69. The molecule has 0 aromatic heterocycles. The van der Waals surface area contributed by atoms with Crippen molar-refractivity contribution in [3.05, 3.63) is 64.7 Å². The summed E-state index contributed by atoms with van der Waals surface area (Å²) in [6, 6.07) is 13.9. The minimum atomic E-state index is -0.390. The molecule has 1 heterocycles. The number of carbonyl (C=O) groups excluding carboxylic acids is 2. The van der Waals surface area contributed by atoms with Crippen LogP contribution in [0.15, 0.2) is 47.6 Å². The van der Waals surface area contributed by atoms with Gasteiger partial charge in [0.05, 0.1) is 12.1 Å². The molecule has 0 saturated carbocycles. The first-order valence-corrected chi connectivity index (χ1v) is 9.27. The van der Waals surface area contributed by atoms with Crippen LogP contribution in [0.2, 0.25) is 0 Å². The van der Waals surface area contributed by atoms with E-state index in [1.807, 2.05) is 56.3 Å². The monoisotopic (exact) mass is 363 g/mol. The maximum atomic E-state index is 12.4. The van der Waals surface area contributed by atoms with E-state index in [1.54, 1.807) is 11.1 Å². The Morgan fingerprint density at radius 2 is 1.93 bits per heavy atom. The van der Waals surface area contributed by atoms with E-state index in [0.29, 0.717) is 6.54 Å². The van der Waals surface area contributed by atoms with Crippen molar-refractivity contribution in [2.75, 3.05) is 11.4 Å². The van der Waals surface area contributed by atoms with E-state index in [4.69, 9.17) is 0 Å². The van der Waals surface area contributed by atoms with E-state index < -0.39 is 5.92 Å². The normalized spacial score (nSPS) is 16.9. The number of anilines is 1. The fourth-order valence-electron chi connectivity index (χ4n) is 3.13. The molecule has 5 nitrogen and oxygen atoms in total. The first-order chi connectivity index (χ1) is 13.0. The zero-order valence-electron chi connectivity index (χ0n) is 16.0. The van der Waals surface area contributed by atoms with Crippen LogP contribution >= 0.6 is 0 Å². The summed E-state index contributed by atoms with van der Waals surface area (Å²) in [6.07, 6.45) is 2.82. The third kappa shape index (κ3) is 4.42. The molecule has 3 rings (SSSR count). The van der Waals surface area contributed by atoms with Crippen molar-refractivity contribution in [1.29, 1.82) is 0 Å². The van der Waals surface area contributed by atoms with E-state index in [1.165, 1.54) is 11.1 Å². The number of hydrogen-bond donors (Lipinski definition) is 1. The van der Waals surface area contributed by atoms with Crippen molar-refractivity contribution >= 4 is 23.7 Å². The summed E-state index contributed by atoms with van der Waals surface area (Å²) in [6.45, 7) is 6.54. The molecule has 1 fully saturated rings. The minimum Gasteiger partial charge on any atom is -0.312 e. The van der Waals surface area contributed by atoms with Gasteiger partial charge in [-0.3, -0.25) is 9.59 Å². The topological polar surface area (TPSA) is 61.8 Å². The van der Waals surface area contributed by atoms with Crippen LogP contribution < -0.4 is 10.3 Å². The maximum absolute atomic E-state index is 12.4. The standard InChI is InChI=1S/C22H25N3O2/c1-4-17-6-8-18(9-7-17)13-23-24-22(27)19-12-21(26)25(14-19)20-10-5-15(2)16(3)11-20/h5-11,13,19H,4,12,14H2,1-3H3,(H,24,27)/b23-13-/t19-/m1/s1. The minimum absolute atomic E-state index is 0.0301. The van der Waals surface area contributed by atoms with Crippen molar-refractivity contribution in [3.8, 4) is 0 Å². The van der Waals surface area contributed by atoms with E-state index in [-0.39, 0.29) is 18.2 Å². The summed E-state index contributed by atoms with van der Waals surface area (Å²) < 4.78 is 0. The molecule has 0 spiro atoms. The van der Waals surface area contributed by atoms with Crippen molar-refractivity contribution in [3.63, 3.8) is 0 Å². The number of nitrogens with one attached hydrogen (secondary N) is 1. The Bertz CT molecular complexity index is 872. The number of carbonyl (C=O) groups is 2. The van der Waals surface area contributed by atoms with Gasteiger partial charge in [-0.25, -0.2) is 5.43 Å². The largest absolute Gasteiger partial charge is 0.312 e. The second-order valence-corrected chi connectivity index (χ2v) is 7.00. The number of rotatable bonds is 5. The molecule has 140 valence electrons. The summed E-state index contributed by atoms with van der Waals surface area (Å²) in [5.41, 5.74) is 7.90. The van der Waals surface area contributed by atoms with E-state index in [9.17, 15) is 9.59 Å². The molecular formula is C22H25N3O2. The number of nitrogens with zero attached hydrogens (tertiary/aromatic N) is 2. The first-order valence-electron chi connectivity index (χ1n) is 9.27. The summed E-state index contributed by atoms with van der Waals surface area (Å²) in [4.78, 5) is 26.4. The van der Waals surface area contributed by atoms with E-state index in [0.717, 1.165) is 23.2 Å². The molecule has 1 N–H and O–H groups in total. The van der Waals surface area contributed by atoms with Crippen LogP contribution in [-0.2, 0) is 16.0 Å². The van der Waals surface area contributed by atoms with Gasteiger partial charge >= 0.3 is 0 Å².